The monoisotopic (exact) mass is 150 g/mol. The Kier molecular flexibility index (Phi) is 5.76. The van der Waals surface area contributed by atoms with Gasteiger partial charge in [0.15, 0.2) is 0 Å². The number of hydrogen-bond acceptors (Lipinski definition) is 4. The summed E-state index contributed by atoms with van der Waals surface area (Å²) in [5.74, 6) is 0.232. The van der Waals surface area contributed by atoms with E-state index in [0.29, 0.717) is 6.61 Å². The lowest BCUT2D eigenvalue weighted by Gasteiger charge is -1.98. The first-order chi connectivity index (χ1) is 4.31. The summed E-state index contributed by atoms with van der Waals surface area (Å²) >= 11 is 1.60. The Morgan fingerprint density at radius 1 is 1.78 bits per heavy atom. The zero-order chi connectivity index (χ0) is 7.11. The normalized spacial score (nSPS) is 9.11. The average Bonchev–Trinajstić information content (AvgIpc) is 1.89. The largest absolute Gasteiger partial charge is 0.463 e. The predicted molar refractivity (Wildman–Crippen MR) is 36.4 cm³/mol. The number of aliphatic hydroxyl groups is 1. The smallest absolute Gasteiger partial charge is 0.331 e. The summed E-state index contributed by atoms with van der Waals surface area (Å²) in [4.78, 5) is 10.2. The molecule has 0 saturated heterocycles. The van der Waals surface area contributed by atoms with Gasteiger partial charge in [-0.25, -0.2) is 4.79 Å². The van der Waals surface area contributed by atoms with Crippen LogP contribution in [0.2, 0.25) is 0 Å². The van der Waals surface area contributed by atoms with Gasteiger partial charge in [0.2, 0.25) is 0 Å². The van der Waals surface area contributed by atoms with Crippen molar-refractivity contribution < 1.29 is 14.6 Å². The van der Waals surface area contributed by atoms with Crippen LogP contribution >= 0.6 is 11.8 Å². The lowest BCUT2D eigenvalue weighted by molar-refractivity contribution is -0.146. The van der Waals surface area contributed by atoms with E-state index in [9.17, 15) is 4.79 Å². The molecular weight excluding hydrogens is 140 g/mol. The van der Waals surface area contributed by atoms with Gasteiger partial charge in [0.1, 0.15) is 13.2 Å². The summed E-state index contributed by atoms with van der Waals surface area (Å²) in [5.41, 5.74) is 0. The van der Waals surface area contributed by atoms with Gasteiger partial charge in [-0.15, -0.1) is 0 Å². The lowest BCUT2D eigenvalue weighted by Crippen LogP contribution is -2.10. The molecule has 0 bridgehead atoms. The lowest BCUT2D eigenvalue weighted by atomic mass is 10.7. The molecule has 0 amide bonds. The highest BCUT2D eigenvalue weighted by Crippen LogP contribution is 1.90. The van der Waals surface area contributed by atoms with E-state index in [0.717, 1.165) is 5.75 Å². The molecule has 0 aliphatic carbocycles. The second kappa shape index (κ2) is 5.91. The molecule has 0 aromatic rings. The summed E-state index contributed by atoms with van der Waals surface area (Å²) in [7, 11) is 0. The summed E-state index contributed by atoms with van der Waals surface area (Å²) in [6, 6.07) is 0. The Morgan fingerprint density at radius 2 is 2.44 bits per heavy atom. The molecule has 0 saturated carbocycles. The Labute approximate surface area is 58.4 Å². The maximum absolute atomic E-state index is 10.2. The Hall–Kier alpha value is -0.220. The van der Waals surface area contributed by atoms with Gasteiger partial charge in [-0.1, -0.05) is 0 Å². The van der Waals surface area contributed by atoms with Gasteiger partial charge >= 0.3 is 5.97 Å². The van der Waals surface area contributed by atoms with Crippen molar-refractivity contribution in [1.82, 2.24) is 0 Å². The average molecular weight is 150 g/mol. The van der Waals surface area contributed by atoms with Gasteiger partial charge < -0.3 is 9.84 Å². The fourth-order valence-corrected chi connectivity index (χ4v) is 0.534. The number of rotatable bonds is 4. The van der Waals surface area contributed by atoms with Crippen molar-refractivity contribution in [3.8, 4) is 0 Å². The van der Waals surface area contributed by atoms with E-state index >= 15 is 0 Å². The van der Waals surface area contributed by atoms with Crippen molar-refractivity contribution in [1.29, 1.82) is 0 Å². The molecule has 0 aliphatic heterocycles. The standard InChI is InChI=1S/C5H10O3S/c1-9-3-2-8-5(7)4-6/h6H,2-4H2,1H3. The molecule has 0 atom stereocenters. The van der Waals surface area contributed by atoms with Crippen LogP contribution in [-0.2, 0) is 9.53 Å². The fourth-order valence-electron chi connectivity index (χ4n) is 0.284. The minimum Gasteiger partial charge on any atom is -0.463 e. The fraction of sp³-hybridized carbons (Fsp3) is 0.800. The number of carbonyl (C=O) groups is 1. The number of carbonyl (C=O) groups excluding carboxylic acids is 1. The van der Waals surface area contributed by atoms with Crippen LogP contribution in [0, 0.1) is 0 Å². The highest BCUT2D eigenvalue weighted by Gasteiger charge is 1.96. The van der Waals surface area contributed by atoms with E-state index in [1.165, 1.54) is 0 Å². The van der Waals surface area contributed by atoms with Gasteiger partial charge in [0, 0.05) is 5.75 Å². The van der Waals surface area contributed by atoms with Crippen LogP contribution in [0.25, 0.3) is 0 Å². The molecule has 1 N–H and O–H groups in total. The third-order valence-corrected chi connectivity index (χ3v) is 1.25. The molecular formula is C5H10O3S. The van der Waals surface area contributed by atoms with E-state index in [2.05, 4.69) is 4.74 Å². The number of aliphatic hydroxyl groups excluding tert-OH is 1. The molecule has 0 aromatic carbocycles. The van der Waals surface area contributed by atoms with Gasteiger partial charge in [0.05, 0.1) is 0 Å². The molecule has 54 valence electrons. The summed E-state index contributed by atoms with van der Waals surface area (Å²) < 4.78 is 4.52. The number of esters is 1. The Morgan fingerprint density at radius 3 is 2.89 bits per heavy atom. The molecule has 0 aliphatic rings. The predicted octanol–water partition coefficient (Wildman–Crippen LogP) is -0.115. The van der Waals surface area contributed by atoms with Crippen molar-refractivity contribution in [3.63, 3.8) is 0 Å². The van der Waals surface area contributed by atoms with Gasteiger partial charge in [-0.05, 0) is 6.26 Å². The number of ether oxygens (including phenoxy) is 1. The van der Waals surface area contributed by atoms with Crippen LogP contribution in [0.5, 0.6) is 0 Å². The van der Waals surface area contributed by atoms with Crippen LogP contribution in [-0.4, -0.2) is 36.3 Å². The van der Waals surface area contributed by atoms with Crippen LogP contribution in [0.4, 0.5) is 0 Å². The van der Waals surface area contributed by atoms with Crippen LogP contribution in [0.15, 0.2) is 0 Å². The molecule has 0 fully saturated rings. The first kappa shape index (κ1) is 8.78. The second-order valence-corrected chi connectivity index (χ2v) is 2.36. The highest BCUT2D eigenvalue weighted by atomic mass is 32.2. The molecule has 0 rings (SSSR count). The Balaban J connectivity index is 2.97. The van der Waals surface area contributed by atoms with Gasteiger partial charge in [0.25, 0.3) is 0 Å². The van der Waals surface area contributed by atoms with Crippen molar-refractivity contribution >= 4 is 17.7 Å². The quantitative estimate of drug-likeness (QED) is 0.448. The van der Waals surface area contributed by atoms with E-state index in [-0.39, 0.29) is 0 Å². The number of hydrogen-bond donors (Lipinski definition) is 1. The summed E-state index contributed by atoms with van der Waals surface area (Å²) in [5, 5.41) is 8.15. The van der Waals surface area contributed by atoms with Gasteiger partial charge in [-0.3, -0.25) is 0 Å². The van der Waals surface area contributed by atoms with Crippen LogP contribution in [0.3, 0.4) is 0 Å². The maximum Gasteiger partial charge on any atom is 0.331 e. The first-order valence-electron chi connectivity index (χ1n) is 2.56. The van der Waals surface area contributed by atoms with E-state index in [1.54, 1.807) is 11.8 Å². The van der Waals surface area contributed by atoms with E-state index in [1.807, 2.05) is 6.26 Å². The maximum atomic E-state index is 10.2. The molecule has 4 heteroatoms. The van der Waals surface area contributed by atoms with Gasteiger partial charge in [-0.2, -0.15) is 11.8 Å². The van der Waals surface area contributed by atoms with E-state index < -0.39 is 12.6 Å². The van der Waals surface area contributed by atoms with Crippen LogP contribution < -0.4 is 0 Å². The SMILES string of the molecule is CSCCOC(=O)CO. The summed E-state index contributed by atoms with van der Waals surface area (Å²) in [6.45, 7) is -0.130. The molecule has 0 heterocycles. The molecule has 3 nitrogen and oxygen atoms in total. The highest BCUT2D eigenvalue weighted by molar-refractivity contribution is 7.98. The Bertz CT molecular complexity index is 84.3. The molecule has 0 radical (unpaired) electrons. The number of thioether (sulfide) groups is 1. The topological polar surface area (TPSA) is 46.5 Å². The van der Waals surface area contributed by atoms with Crippen molar-refractivity contribution in [3.05, 3.63) is 0 Å². The van der Waals surface area contributed by atoms with E-state index in [4.69, 9.17) is 5.11 Å². The third kappa shape index (κ3) is 5.65. The van der Waals surface area contributed by atoms with Crippen molar-refractivity contribution in [2.45, 2.75) is 0 Å². The zero-order valence-corrected chi connectivity index (χ0v) is 6.11. The third-order valence-electron chi connectivity index (χ3n) is 0.680. The minimum absolute atomic E-state index is 0.389. The van der Waals surface area contributed by atoms with Crippen molar-refractivity contribution in [2.75, 3.05) is 25.2 Å². The zero-order valence-electron chi connectivity index (χ0n) is 5.29. The first-order valence-corrected chi connectivity index (χ1v) is 3.96. The molecule has 0 aromatic heterocycles. The summed E-state index contributed by atoms with van der Waals surface area (Å²) in [6.07, 6.45) is 1.92. The van der Waals surface area contributed by atoms with Crippen molar-refractivity contribution in [2.24, 2.45) is 0 Å². The minimum atomic E-state index is -0.552. The second-order valence-electron chi connectivity index (χ2n) is 1.37. The molecule has 0 unspecified atom stereocenters. The molecule has 9 heavy (non-hydrogen) atoms. The van der Waals surface area contributed by atoms with Crippen LogP contribution in [0.1, 0.15) is 0 Å². The molecule has 0 spiro atoms.